The molecule has 36 heavy (non-hydrogen) atoms. The average Bonchev–Trinajstić information content (AvgIpc) is 3.13. The molecule has 14 atom stereocenters. The monoisotopic (exact) mass is 497 g/mol. The minimum atomic E-state index is 0.508. The first kappa shape index (κ1) is 27.6. The van der Waals surface area contributed by atoms with E-state index in [1.54, 1.807) is 6.42 Å². The van der Waals surface area contributed by atoms with Crippen LogP contribution in [0.25, 0.3) is 0 Å². The maximum atomic E-state index is 2.84. The fraction of sp³-hybridized carbons (Fsp3) is 1.00. The summed E-state index contributed by atoms with van der Waals surface area (Å²) in [6.45, 7) is 29.3. The van der Waals surface area contributed by atoms with E-state index in [4.69, 9.17) is 0 Å². The van der Waals surface area contributed by atoms with E-state index in [1.807, 2.05) is 0 Å². The number of rotatable bonds is 5. The van der Waals surface area contributed by atoms with Crippen molar-refractivity contribution in [1.82, 2.24) is 0 Å². The van der Waals surface area contributed by atoms with E-state index in [-0.39, 0.29) is 0 Å². The van der Waals surface area contributed by atoms with Gasteiger partial charge >= 0.3 is 0 Å². The summed E-state index contributed by atoms with van der Waals surface area (Å²) in [5, 5.41) is 0. The molecule has 5 fully saturated rings. The molecule has 5 aliphatic rings. The minimum Gasteiger partial charge on any atom is -0.0651 e. The minimum absolute atomic E-state index is 0.508. The zero-order valence-electron chi connectivity index (χ0n) is 26.5. The largest absolute Gasteiger partial charge is 0.0651 e. The molecule has 208 valence electrons. The second kappa shape index (κ2) is 8.75. The van der Waals surface area contributed by atoms with E-state index in [2.05, 4.69) is 76.2 Å². The molecule has 0 aromatic heterocycles. The van der Waals surface area contributed by atoms with Crippen molar-refractivity contribution in [3.63, 3.8) is 0 Å². The Morgan fingerprint density at radius 3 is 2.14 bits per heavy atom. The molecule has 0 aliphatic heterocycles. The zero-order chi connectivity index (χ0) is 26.5. The molecule has 0 heteroatoms. The molecule has 0 amide bonds. The van der Waals surface area contributed by atoms with E-state index < -0.39 is 0 Å². The van der Waals surface area contributed by atoms with E-state index >= 15 is 0 Å². The smallest absolute Gasteiger partial charge is 0.0207 e. The molecule has 5 rings (SSSR count). The van der Waals surface area contributed by atoms with Gasteiger partial charge in [0.15, 0.2) is 0 Å². The zero-order valence-corrected chi connectivity index (χ0v) is 26.5. The SMILES string of the molecule is CCC(C)CC(C)C1(C)CC2CC3(C)C4CCC5C[C@@H](CC)C(C)C[C@]5(C)C4CC[C@]3(C)C2(C)[C@@H]1C. The highest BCUT2D eigenvalue weighted by Gasteiger charge is 2.76. The topological polar surface area (TPSA) is 0 Å². The molecule has 10 unspecified atom stereocenters. The summed E-state index contributed by atoms with van der Waals surface area (Å²) in [6.07, 6.45) is 16.4. The van der Waals surface area contributed by atoms with Crippen molar-refractivity contribution in [3.05, 3.63) is 0 Å². The first-order valence-corrected chi connectivity index (χ1v) is 16.7. The van der Waals surface area contributed by atoms with Crippen LogP contribution in [0, 0.1) is 80.3 Å². The van der Waals surface area contributed by atoms with Gasteiger partial charge in [0, 0.05) is 0 Å². The Bertz CT molecular complexity index is 828. The lowest BCUT2D eigenvalue weighted by molar-refractivity contribution is -0.186. The lowest BCUT2D eigenvalue weighted by Crippen LogP contribution is -2.60. The van der Waals surface area contributed by atoms with E-state index in [1.165, 1.54) is 64.2 Å². The van der Waals surface area contributed by atoms with E-state index in [0.29, 0.717) is 27.1 Å². The van der Waals surface area contributed by atoms with Crippen LogP contribution in [-0.4, -0.2) is 0 Å². The number of hydrogen-bond donors (Lipinski definition) is 0. The van der Waals surface area contributed by atoms with Gasteiger partial charge in [-0.2, -0.15) is 0 Å². The predicted molar refractivity (Wildman–Crippen MR) is 157 cm³/mol. The van der Waals surface area contributed by atoms with Crippen LogP contribution in [0.3, 0.4) is 0 Å². The van der Waals surface area contributed by atoms with Crippen molar-refractivity contribution in [2.45, 2.75) is 147 Å². The van der Waals surface area contributed by atoms with Gasteiger partial charge < -0.3 is 0 Å². The quantitative estimate of drug-likeness (QED) is 0.355. The van der Waals surface area contributed by atoms with Crippen molar-refractivity contribution in [2.75, 3.05) is 0 Å². The summed E-state index contributed by atoms with van der Waals surface area (Å²) in [5.41, 5.74) is 2.69. The van der Waals surface area contributed by atoms with Crippen LogP contribution in [0.15, 0.2) is 0 Å². The highest BCUT2D eigenvalue weighted by Crippen LogP contribution is 2.83. The standard InChI is InChI=1S/C36H64/c1-12-23(3)18-25(5)32(7)21-29-22-34(9)31-15-14-28-19-27(13-2)24(4)20-33(28,8)30(31)16-17-35(34,10)36(29,11)26(32)6/h23-31H,12-22H2,1-11H3/t23?,24?,25?,26-,27-,28?,29?,30?,31?,32?,33+,34?,35+,36?/m1/s1. The Hall–Kier alpha value is 0. The number of fused-ring (bicyclic) bond motifs is 7. The third-order valence-electron chi connectivity index (χ3n) is 16.7. The van der Waals surface area contributed by atoms with Crippen molar-refractivity contribution >= 4 is 0 Å². The van der Waals surface area contributed by atoms with Crippen LogP contribution >= 0.6 is 0 Å². The third kappa shape index (κ3) is 3.30. The van der Waals surface area contributed by atoms with Crippen molar-refractivity contribution < 1.29 is 0 Å². The maximum Gasteiger partial charge on any atom is -0.0207 e. The Morgan fingerprint density at radius 2 is 1.50 bits per heavy atom. The highest BCUT2D eigenvalue weighted by atomic mass is 14.8. The van der Waals surface area contributed by atoms with Gasteiger partial charge in [-0.1, -0.05) is 89.0 Å². The lowest BCUT2D eigenvalue weighted by atomic mass is 9.37. The average molecular weight is 497 g/mol. The predicted octanol–water partition coefficient (Wildman–Crippen LogP) is 11.0. The van der Waals surface area contributed by atoms with Gasteiger partial charge in [-0.3, -0.25) is 0 Å². The molecule has 0 spiro atoms. The van der Waals surface area contributed by atoms with Crippen molar-refractivity contribution in [1.29, 1.82) is 0 Å². The highest BCUT2D eigenvalue weighted by molar-refractivity contribution is 5.24. The first-order chi connectivity index (χ1) is 16.7. The van der Waals surface area contributed by atoms with Gasteiger partial charge in [0.1, 0.15) is 0 Å². The maximum absolute atomic E-state index is 2.84. The fourth-order valence-corrected chi connectivity index (χ4v) is 13.5. The van der Waals surface area contributed by atoms with Crippen LogP contribution in [0.1, 0.15) is 147 Å². The Kier molecular flexibility index (Phi) is 6.70. The summed E-state index contributed by atoms with van der Waals surface area (Å²) in [4.78, 5) is 0. The number of hydrogen-bond acceptors (Lipinski definition) is 0. The molecule has 0 aromatic rings. The summed E-state index contributed by atoms with van der Waals surface area (Å²) in [6, 6.07) is 0. The van der Waals surface area contributed by atoms with Gasteiger partial charge in [-0.25, -0.2) is 0 Å². The molecule has 0 radical (unpaired) electrons. The molecule has 0 saturated heterocycles. The van der Waals surface area contributed by atoms with E-state index in [9.17, 15) is 0 Å². The third-order valence-corrected chi connectivity index (χ3v) is 16.7. The molecular weight excluding hydrogens is 432 g/mol. The van der Waals surface area contributed by atoms with Crippen molar-refractivity contribution in [2.24, 2.45) is 80.3 Å². The van der Waals surface area contributed by atoms with Gasteiger partial charge in [0.05, 0.1) is 0 Å². The molecule has 0 N–H and O–H groups in total. The van der Waals surface area contributed by atoms with Gasteiger partial charge in [0.2, 0.25) is 0 Å². The normalized spacial score (nSPS) is 57.9. The molecule has 0 nitrogen and oxygen atoms in total. The fourth-order valence-electron chi connectivity index (χ4n) is 13.5. The van der Waals surface area contributed by atoms with Gasteiger partial charge in [-0.15, -0.1) is 0 Å². The summed E-state index contributed by atoms with van der Waals surface area (Å²) in [7, 11) is 0. The van der Waals surface area contributed by atoms with Crippen LogP contribution in [0.5, 0.6) is 0 Å². The molecule has 0 bridgehead atoms. The molecule has 0 heterocycles. The molecule has 5 saturated carbocycles. The summed E-state index contributed by atoms with van der Waals surface area (Å²) >= 11 is 0. The molecule has 0 aromatic carbocycles. The second-order valence-electron chi connectivity index (χ2n) is 17.1. The van der Waals surface area contributed by atoms with Crippen LogP contribution in [0.2, 0.25) is 0 Å². The molecular formula is C36H64. The van der Waals surface area contributed by atoms with Crippen molar-refractivity contribution in [3.8, 4) is 0 Å². The van der Waals surface area contributed by atoms with Crippen LogP contribution < -0.4 is 0 Å². The second-order valence-corrected chi connectivity index (χ2v) is 17.1. The Labute approximate surface area is 226 Å². The summed E-state index contributed by atoms with van der Waals surface area (Å²) < 4.78 is 0. The summed E-state index contributed by atoms with van der Waals surface area (Å²) in [5.74, 6) is 8.39. The van der Waals surface area contributed by atoms with Crippen LogP contribution in [0.4, 0.5) is 0 Å². The van der Waals surface area contributed by atoms with E-state index in [0.717, 1.165) is 53.3 Å². The Morgan fingerprint density at radius 1 is 0.806 bits per heavy atom. The molecule has 5 aliphatic carbocycles. The first-order valence-electron chi connectivity index (χ1n) is 16.7. The Balaban J connectivity index is 1.45. The van der Waals surface area contributed by atoms with Crippen LogP contribution in [-0.2, 0) is 0 Å². The van der Waals surface area contributed by atoms with Gasteiger partial charge in [-0.05, 0) is 138 Å². The van der Waals surface area contributed by atoms with Gasteiger partial charge in [0.25, 0.3) is 0 Å². The lowest BCUT2D eigenvalue weighted by Gasteiger charge is -2.67.